The molecule has 268 valence electrons. The lowest BCUT2D eigenvalue weighted by molar-refractivity contribution is -0.158. The number of anilines is 2. The minimum absolute atomic E-state index is 0.0164. The summed E-state index contributed by atoms with van der Waals surface area (Å²) in [4.78, 5) is 31.6. The molecule has 2 aromatic heterocycles. The number of rotatable bonds is 7. The monoisotopic (exact) mass is 743 g/mol. The number of halogens is 5. The SMILES string of the molecule is CON1CCC[C@H]1[C@H](C)Oc1nc(N2CCCC3(CCN3C(=O)C3CC3(F)F)C2)c2cc(Cl)c(-c3ccc(F)c4sc(N)c(C#N)c34)c(F)c2n1. The molecule has 4 atom stereocenters. The molecule has 1 aliphatic carbocycles. The zero-order chi connectivity index (χ0) is 36.0. The molecule has 4 aromatic rings. The fraction of sp³-hybridized carbons (Fsp3) is 0.486. The van der Waals surface area contributed by atoms with E-state index in [1.165, 1.54) is 18.2 Å². The number of thiophene rings is 1. The van der Waals surface area contributed by atoms with E-state index in [9.17, 15) is 23.2 Å². The number of amides is 1. The molecule has 5 heterocycles. The molecule has 8 rings (SSSR count). The molecule has 0 bridgehead atoms. The number of carbonyl (C=O) groups is 1. The Kier molecular flexibility index (Phi) is 8.25. The van der Waals surface area contributed by atoms with Crippen LogP contribution in [-0.2, 0) is 9.63 Å². The number of hydrogen-bond acceptors (Lipinski definition) is 10. The number of nitrogen functional groups attached to an aromatic ring is 1. The molecule has 3 saturated heterocycles. The first-order chi connectivity index (χ1) is 24.4. The lowest BCUT2D eigenvalue weighted by atomic mass is 9.77. The Labute approximate surface area is 299 Å². The number of carbonyl (C=O) groups excluding carboxylic acids is 1. The van der Waals surface area contributed by atoms with Gasteiger partial charge in [-0.15, -0.1) is 11.3 Å². The largest absolute Gasteiger partial charge is 0.459 e. The van der Waals surface area contributed by atoms with Crippen molar-refractivity contribution >= 4 is 60.7 Å². The number of aromatic nitrogens is 2. The Bertz CT molecular complexity index is 2150. The second-order valence-electron chi connectivity index (χ2n) is 13.9. The van der Waals surface area contributed by atoms with Crippen LogP contribution in [0.2, 0.25) is 5.02 Å². The summed E-state index contributed by atoms with van der Waals surface area (Å²) < 4.78 is 66.4. The first-order valence-corrected chi connectivity index (χ1v) is 18.1. The normalized spacial score (nSPS) is 25.0. The number of benzene rings is 2. The number of alkyl halides is 2. The van der Waals surface area contributed by atoms with Crippen molar-refractivity contribution in [1.29, 1.82) is 5.26 Å². The van der Waals surface area contributed by atoms with Gasteiger partial charge in [0.1, 0.15) is 40.2 Å². The maximum Gasteiger partial charge on any atom is 0.319 e. The number of nitrogens with two attached hydrogens (primary N) is 1. The summed E-state index contributed by atoms with van der Waals surface area (Å²) in [5.74, 6) is -5.92. The van der Waals surface area contributed by atoms with E-state index in [0.29, 0.717) is 38.2 Å². The average molecular weight is 744 g/mol. The highest BCUT2D eigenvalue weighted by Crippen LogP contribution is 2.53. The molecular formula is C35H34ClF4N7O3S. The van der Waals surface area contributed by atoms with Crippen LogP contribution in [0.5, 0.6) is 6.01 Å². The minimum Gasteiger partial charge on any atom is -0.459 e. The van der Waals surface area contributed by atoms with Crippen molar-refractivity contribution in [2.45, 2.75) is 69.1 Å². The second kappa shape index (κ2) is 12.3. The Hall–Kier alpha value is -3.97. The highest BCUT2D eigenvalue weighted by Gasteiger charge is 2.65. The van der Waals surface area contributed by atoms with Crippen molar-refractivity contribution in [3.8, 4) is 23.2 Å². The summed E-state index contributed by atoms with van der Waals surface area (Å²) in [7, 11) is 1.59. The summed E-state index contributed by atoms with van der Waals surface area (Å²) in [5, 5.41) is 12.2. The third kappa shape index (κ3) is 5.44. The molecule has 3 aliphatic heterocycles. The molecule has 51 heavy (non-hydrogen) atoms. The predicted molar refractivity (Wildman–Crippen MR) is 185 cm³/mol. The Balaban J connectivity index is 1.25. The van der Waals surface area contributed by atoms with Crippen molar-refractivity contribution in [1.82, 2.24) is 19.9 Å². The highest BCUT2D eigenvalue weighted by molar-refractivity contribution is 7.23. The zero-order valence-electron chi connectivity index (χ0n) is 27.8. The van der Waals surface area contributed by atoms with Gasteiger partial charge in [0.05, 0.1) is 34.0 Å². The number of likely N-dealkylation sites (tertiary alicyclic amines) is 1. The first-order valence-electron chi connectivity index (χ1n) is 16.9. The van der Waals surface area contributed by atoms with Gasteiger partial charge in [-0.25, -0.2) is 17.6 Å². The number of nitriles is 1. The third-order valence-electron chi connectivity index (χ3n) is 11.0. The van der Waals surface area contributed by atoms with E-state index in [1.807, 2.05) is 23.0 Å². The predicted octanol–water partition coefficient (Wildman–Crippen LogP) is 6.92. The highest BCUT2D eigenvalue weighted by atomic mass is 35.5. The van der Waals surface area contributed by atoms with Crippen LogP contribution in [0.25, 0.3) is 32.1 Å². The molecule has 4 fully saturated rings. The third-order valence-corrected chi connectivity index (χ3v) is 12.3. The maximum atomic E-state index is 17.1. The summed E-state index contributed by atoms with van der Waals surface area (Å²) in [6, 6.07) is 5.88. The fourth-order valence-electron chi connectivity index (χ4n) is 8.19. The van der Waals surface area contributed by atoms with Gasteiger partial charge in [-0.05, 0) is 56.7 Å². The number of ether oxygens (including phenoxy) is 1. The van der Waals surface area contributed by atoms with Gasteiger partial charge in [-0.3, -0.25) is 4.79 Å². The first kappa shape index (κ1) is 34.1. The van der Waals surface area contributed by atoms with E-state index < -0.39 is 47.4 Å². The number of hydrogen-bond donors (Lipinski definition) is 1. The van der Waals surface area contributed by atoms with Gasteiger partial charge in [0.2, 0.25) is 5.91 Å². The van der Waals surface area contributed by atoms with Crippen molar-refractivity contribution in [2.24, 2.45) is 5.92 Å². The number of hydroxylamine groups is 2. The molecule has 16 heteroatoms. The molecule has 1 saturated carbocycles. The Morgan fingerprint density at radius 1 is 1.20 bits per heavy atom. The van der Waals surface area contributed by atoms with Crippen LogP contribution in [-0.4, -0.2) is 82.7 Å². The quantitative estimate of drug-likeness (QED) is 0.201. The lowest BCUT2D eigenvalue weighted by Gasteiger charge is -2.57. The molecule has 1 spiro atoms. The maximum absolute atomic E-state index is 17.1. The molecule has 0 radical (unpaired) electrons. The minimum atomic E-state index is -2.98. The molecule has 2 unspecified atom stereocenters. The van der Waals surface area contributed by atoms with Gasteiger partial charge in [0, 0.05) is 48.9 Å². The van der Waals surface area contributed by atoms with Crippen molar-refractivity contribution in [2.75, 3.05) is 43.9 Å². The van der Waals surface area contributed by atoms with Gasteiger partial charge in [0.15, 0.2) is 5.82 Å². The molecule has 2 N–H and O–H groups in total. The fourth-order valence-corrected chi connectivity index (χ4v) is 9.43. The van der Waals surface area contributed by atoms with E-state index in [2.05, 4.69) is 4.98 Å². The van der Waals surface area contributed by atoms with Crippen LogP contribution in [0.15, 0.2) is 18.2 Å². The van der Waals surface area contributed by atoms with Crippen molar-refractivity contribution in [3.63, 3.8) is 0 Å². The van der Waals surface area contributed by atoms with Gasteiger partial charge in [-0.2, -0.15) is 20.3 Å². The summed E-state index contributed by atoms with van der Waals surface area (Å²) in [5.41, 5.74) is 5.39. The van der Waals surface area contributed by atoms with Gasteiger partial charge >= 0.3 is 6.01 Å². The van der Waals surface area contributed by atoms with Crippen molar-refractivity contribution in [3.05, 3.63) is 40.4 Å². The van der Waals surface area contributed by atoms with Gasteiger partial charge in [-0.1, -0.05) is 17.7 Å². The van der Waals surface area contributed by atoms with Gasteiger partial charge in [0.25, 0.3) is 5.92 Å². The summed E-state index contributed by atoms with van der Waals surface area (Å²) in [6.45, 7) is 3.75. The van der Waals surface area contributed by atoms with Crippen LogP contribution < -0.4 is 15.4 Å². The lowest BCUT2D eigenvalue weighted by Crippen LogP contribution is -2.69. The molecule has 1 amide bonds. The zero-order valence-corrected chi connectivity index (χ0v) is 29.4. The smallest absolute Gasteiger partial charge is 0.319 e. The Morgan fingerprint density at radius 3 is 2.67 bits per heavy atom. The second-order valence-corrected chi connectivity index (χ2v) is 15.3. The summed E-state index contributed by atoms with van der Waals surface area (Å²) >= 11 is 7.77. The molecular weight excluding hydrogens is 710 g/mol. The number of piperidine rings is 1. The molecule has 2 aromatic carbocycles. The van der Waals surface area contributed by atoms with E-state index in [-0.39, 0.29) is 66.3 Å². The number of nitrogens with zero attached hydrogens (tertiary/aromatic N) is 6. The van der Waals surface area contributed by atoms with E-state index >= 15 is 4.39 Å². The van der Waals surface area contributed by atoms with Crippen LogP contribution >= 0.6 is 22.9 Å². The van der Waals surface area contributed by atoms with Crippen LogP contribution in [0, 0.1) is 28.9 Å². The van der Waals surface area contributed by atoms with Gasteiger partial charge < -0.3 is 25.1 Å². The van der Waals surface area contributed by atoms with Crippen LogP contribution in [0.3, 0.4) is 0 Å². The Morgan fingerprint density at radius 2 is 1.98 bits per heavy atom. The topological polar surface area (TPSA) is 121 Å². The standard InChI is InChI=1S/C35H34ClF4N7O3S/c1-17(24-5-3-11-47(24)49-2)50-33-43-28-19(13-22(36)26(27(28)38)18-6-7-23(37)29-25(18)20(15-41)30(42)51-29)31(44-33)45-10-4-8-34(16-45)9-12-46(34)32(48)21-14-35(21,39)40/h6-7,13,17,21,24H,3-5,8-12,14,16,42H2,1-2H3/t17-,21?,24-,34?/m0/s1. The van der Waals surface area contributed by atoms with E-state index in [1.54, 1.807) is 12.0 Å². The summed E-state index contributed by atoms with van der Waals surface area (Å²) in [6.07, 6.45) is 2.71. The van der Waals surface area contributed by atoms with E-state index in [0.717, 1.165) is 30.7 Å². The average Bonchev–Trinajstić information content (AvgIpc) is 3.38. The number of fused-ring (bicyclic) bond motifs is 2. The van der Waals surface area contributed by atoms with E-state index in [4.69, 9.17) is 31.9 Å². The molecule has 10 nitrogen and oxygen atoms in total. The van der Waals surface area contributed by atoms with Crippen LogP contribution in [0.4, 0.5) is 28.4 Å². The molecule has 4 aliphatic rings. The van der Waals surface area contributed by atoms with Crippen LogP contribution in [0.1, 0.15) is 51.0 Å². The van der Waals surface area contributed by atoms with Crippen molar-refractivity contribution < 1.29 is 31.9 Å².